The van der Waals surface area contributed by atoms with Gasteiger partial charge in [-0.15, -0.1) is 5.10 Å². The topological polar surface area (TPSA) is 106 Å². The third-order valence-electron chi connectivity index (χ3n) is 5.07. The Kier molecular flexibility index (Phi) is 5.99. The first-order valence-corrected chi connectivity index (χ1v) is 11.0. The second-order valence-electron chi connectivity index (χ2n) is 7.39. The van der Waals surface area contributed by atoms with Gasteiger partial charge in [-0.25, -0.2) is 9.78 Å². The quantitative estimate of drug-likeness (QED) is 0.606. The fourth-order valence-corrected chi connectivity index (χ4v) is 4.57. The fourth-order valence-electron chi connectivity index (χ4n) is 3.59. The summed E-state index contributed by atoms with van der Waals surface area (Å²) in [5, 5.41) is 7.99. The molecule has 31 heavy (non-hydrogen) atoms. The summed E-state index contributed by atoms with van der Waals surface area (Å²) in [6, 6.07) is 8.18. The first-order chi connectivity index (χ1) is 14.9. The Morgan fingerprint density at radius 1 is 1.32 bits per heavy atom. The maximum absolute atomic E-state index is 12.9. The highest BCUT2D eigenvalue weighted by Gasteiger charge is 2.28. The minimum absolute atomic E-state index is 0.113. The molecule has 3 heterocycles. The maximum Gasteiger partial charge on any atom is 0.338 e. The number of aromatic nitrogens is 3. The molecule has 1 aliphatic heterocycles. The number of nitrogens with one attached hydrogen (secondary N) is 1. The molecule has 2 aromatic heterocycles. The number of fused-ring (bicyclic) bond motifs is 1. The SMILES string of the molecule is CCOC(=O)c1cccc(NC(=O)C2CCCN(c3nn4c(=O)cc(C)nc4s3)C2)c1. The Morgan fingerprint density at radius 3 is 2.97 bits per heavy atom. The number of amides is 1. The van der Waals surface area contributed by atoms with Crippen molar-refractivity contribution in [2.75, 3.05) is 29.9 Å². The molecule has 9 nitrogen and oxygen atoms in total. The Labute approximate surface area is 182 Å². The van der Waals surface area contributed by atoms with E-state index in [0.29, 0.717) is 40.2 Å². The molecule has 1 aliphatic rings. The third-order valence-corrected chi connectivity index (χ3v) is 6.04. The summed E-state index contributed by atoms with van der Waals surface area (Å²) in [5.41, 5.74) is 1.39. The van der Waals surface area contributed by atoms with Gasteiger partial charge in [0.1, 0.15) is 0 Å². The molecular weight excluding hydrogens is 418 g/mol. The van der Waals surface area contributed by atoms with Gasteiger partial charge in [0.25, 0.3) is 5.56 Å². The van der Waals surface area contributed by atoms with Crippen LogP contribution in [0.2, 0.25) is 0 Å². The predicted molar refractivity (Wildman–Crippen MR) is 118 cm³/mol. The summed E-state index contributed by atoms with van der Waals surface area (Å²) in [6.07, 6.45) is 1.58. The van der Waals surface area contributed by atoms with Gasteiger partial charge in [-0.3, -0.25) is 9.59 Å². The van der Waals surface area contributed by atoms with Crippen LogP contribution in [0.3, 0.4) is 0 Å². The van der Waals surface area contributed by atoms with Crippen molar-refractivity contribution < 1.29 is 14.3 Å². The van der Waals surface area contributed by atoms with Crippen LogP contribution in [0.1, 0.15) is 35.8 Å². The van der Waals surface area contributed by atoms with Gasteiger partial charge in [-0.05, 0) is 44.9 Å². The number of carbonyl (C=O) groups is 2. The molecule has 0 aliphatic carbocycles. The zero-order chi connectivity index (χ0) is 22.0. The highest BCUT2D eigenvalue weighted by Crippen LogP contribution is 2.27. The molecule has 0 saturated carbocycles. The second kappa shape index (κ2) is 8.84. The van der Waals surface area contributed by atoms with Crippen molar-refractivity contribution >= 4 is 39.0 Å². The molecule has 0 bridgehead atoms. The number of ether oxygens (including phenoxy) is 1. The minimum atomic E-state index is -0.419. The summed E-state index contributed by atoms with van der Waals surface area (Å²) in [7, 11) is 0. The lowest BCUT2D eigenvalue weighted by Gasteiger charge is -2.31. The molecular formula is C21H23N5O4S. The highest BCUT2D eigenvalue weighted by atomic mass is 32.1. The number of hydrogen-bond acceptors (Lipinski definition) is 8. The van der Waals surface area contributed by atoms with Crippen LogP contribution in [0.5, 0.6) is 0 Å². The molecule has 3 aromatic rings. The van der Waals surface area contributed by atoms with E-state index in [0.717, 1.165) is 19.4 Å². The summed E-state index contributed by atoms with van der Waals surface area (Å²) in [6.45, 7) is 5.07. The molecule has 1 atom stereocenters. The molecule has 0 radical (unpaired) electrons. The number of piperidine rings is 1. The molecule has 1 saturated heterocycles. The van der Waals surface area contributed by atoms with Gasteiger partial charge >= 0.3 is 5.97 Å². The van der Waals surface area contributed by atoms with Gasteiger partial charge in [-0.2, -0.15) is 4.52 Å². The zero-order valence-electron chi connectivity index (χ0n) is 17.3. The van der Waals surface area contributed by atoms with Crippen LogP contribution < -0.4 is 15.8 Å². The van der Waals surface area contributed by atoms with Gasteiger partial charge < -0.3 is 15.0 Å². The molecule has 1 fully saturated rings. The average Bonchev–Trinajstić information content (AvgIpc) is 3.19. The number of benzene rings is 1. The van der Waals surface area contributed by atoms with Crippen LogP contribution in [0.15, 0.2) is 35.1 Å². The smallest absolute Gasteiger partial charge is 0.338 e. The Bertz CT molecular complexity index is 1190. The number of aryl methyl sites for hydroxylation is 1. The zero-order valence-corrected chi connectivity index (χ0v) is 18.1. The normalized spacial score (nSPS) is 16.3. The standard InChI is InChI=1S/C21H23N5O4S/c1-3-30-19(29)14-6-4-8-16(11-14)23-18(28)15-7-5-9-25(12-15)21-24-26-17(27)10-13(2)22-20(26)31-21/h4,6,8,10-11,15H,3,5,7,9,12H2,1-2H3,(H,23,28). The monoisotopic (exact) mass is 441 g/mol. The van der Waals surface area contributed by atoms with Gasteiger partial charge in [-0.1, -0.05) is 17.4 Å². The van der Waals surface area contributed by atoms with Gasteiger partial charge in [0.05, 0.1) is 18.1 Å². The van der Waals surface area contributed by atoms with E-state index in [1.807, 2.05) is 4.90 Å². The summed E-state index contributed by atoms with van der Waals surface area (Å²) in [4.78, 5) is 43.9. The van der Waals surface area contributed by atoms with Crippen LogP contribution in [-0.2, 0) is 9.53 Å². The second-order valence-corrected chi connectivity index (χ2v) is 8.32. The number of carbonyl (C=O) groups excluding carboxylic acids is 2. The summed E-state index contributed by atoms with van der Waals surface area (Å²) in [5.74, 6) is -0.770. The van der Waals surface area contributed by atoms with Crippen LogP contribution >= 0.6 is 11.3 Å². The largest absolute Gasteiger partial charge is 0.462 e. The number of anilines is 2. The van der Waals surface area contributed by atoms with E-state index in [1.54, 1.807) is 38.1 Å². The van der Waals surface area contributed by atoms with Crippen LogP contribution in [0.25, 0.3) is 4.96 Å². The Balaban J connectivity index is 1.47. The molecule has 1 N–H and O–H groups in total. The number of hydrogen-bond donors (Lipinski definition) is 1. The van der Waals surface area contributed by atoms with Crippen molar-refractivity contribution in [3.63, 3.8) is 0 Å². The van der Waals surface area contributed by atoms with Gasteiger partial charge in [0.15, 0.2) is 0 Å². The maximum atomic E-state index is 12.9. The van der Waals surface area contributed by atoms with E-state index in [1.165, 1.54) is 21.9 Å². The number of rotatable bonds is 5. The van der Waals surface area contributed by atoms with Crippen molar-refractivity contribution in [1.29, 1.82) is 0 Å². The van der Waals surface area contributed by atoms with Gasteiger partial charge in [0, 0.05) is 30.5 Å². The van der Waals surface area contributed by atoms with Crippen LogP contribution in [-0.4, -0.2) is 46.2 Å². The van der Waals surface area contributed by atoms with E-state index < -0.39 is 5.97 Å². The first kappa shape index (κ1) is 21.0. The number of esters is 1. The van der Waals surface area contributed by atoms with Crippen LogP contribution in [0.4, 0.5) is 10.8 Å². The minimum Gasteiger partial charge on any atom is -0.462 e. The Morgan fingerprint density at radius 2 is 2.16 bits per heavy atom. The lowest BCUT2D eigenvalue weighted by molar-refractivity contribution is -0.120. The van der Waals surface area contributed by atoms with Crippen molar-refractivity contribution in [2.24, 2.45) is 5.92 Å². The molecule has 1 amide bonds. The summed E-state index contributed by atoms with van der Waals surface area (Å²) >= 11 is 1.34. The average molecular weight is 442 g/mol. The molecule has 1 unspecified atom stereocenters. The Hall–Kier alpha value is -3.27. The number of nitrogens with zero attached hydrogens (tertiary/aromatic N) is 4. The molecule has 4 rings (SSSR count). The van der Waals surface area contributed by atoms with Crippen molar-refractivity contribution in [1.82, 2.24) is 14.6 Å². The summed E-state index contributed by atoms with van der Waals surface area (Å²) < 4.78 is 6.32. The molecule has 162 valence electrons. The lowest BCUT2D eigenvalue weighted by atomic mass is 9.97. The van der Waals surface area contributed by atoms with E-state index in [2.05, 4.69) is 15.4 Å². The van der Waals surface area contributed by atoms with E-state index in [-0.39, 0.29) is 17.4 Å². The highest BCUT2D eigenvalue weighted by molar-refractivity contribution is 7.20. The van der Waals surface area contributed by atoms with Crippen molar-refractivity contribution in [3.05, 3.63) is 51.9 Å². The molecule has 0 spiro atoms. The lowest BCUT2D eigenvalue weighted by Crippen LogP contribution is -2.40. The van der Waals surface area contributed by atoms with Crippen molar-refractivity contribution in [2.45, 2.75) is 26.7 Å². The van der Waals surface area contributed by atoms with Crippen LogP contribution in [0, 0.1) is 12.8 Å². The van der Waals surface area contributed by atoms with Crippen molar-refractivity contribution in [3.8, 4) is 0 Å². The molecule has 1 aromatic carbocycles. The predicted octanol–water partition coefficient (Wildman–Crippen LogP) is 2.49. The van der Waals surface area contributed by atoms with E-state index >= 15 is 0 Å². The molecule has 10 heteroatoms. The van der Waals surface area contributed by atoms with Gasteiger partial charge in [0.2, 0.25) is 16.0 Å². The first-order valence-electron chi connectivity index (χ1n) is 10.1. The fraction of sp³-hybridized carbons (Fsp3) is 0.381. The van der Waals surface area contributed by atoms with E-state index in [4.69, 9.17) is 4.74 Å². The third kappa shape index (κ3) is 4.58. The van der Waals surface area contributed by atoms with E-state index in [9.17, 15) is 14.4 Å².